The maximum Gasteiger partial charge on any atom is 0.220 e. The molecule has 2 N–H and O–H groups in total. The molecule has 0 amide bonds. The molecule has 158 valence electrons. The van der Waals surface area contributed by atoms with Crippen LogP contribution in [-0.4, -0.2) is 49.7 Å². The Morgan fingerprint density at radius 3 is 2.86 bits per heavy atom. The highest BCUT2D eigenvalue weighted by Gasteiger charge is 2.30. The number of benzene rings is 1. The highest BCUT2D eigenvalue weighted by Crippen LogP contribution is 2.38. The largest absolute Gasteiger partial charge is 0.439 e. The van der Waals surface area contributed by atoms with Crippen molar-refractivity contribution in [1.29, 1.82) is 0 Å². The van der Waals surface area contributed by atoms with Gasteiger partial charge in [-0.15, -0.1) is 0 Å². The second kappa shape index (κ2) is 9.67. The molecule has 0 saturated carbocycles. The van der Waals surface area contributed by atoms with E-state index >= 15 is 0 Å². The third-order valence-corrected chi connectivity index (χ3v) is 6.20. The summed E-state index contributed by atoms with van der Waals surface area (Å²) in [7, 11) is 3.98. The highest BCUT2D eigenvalue weighted by molar-refractivity contribution is 7.98. The van der Waals surface area contributed by atoms with E-state index in [-0.39, 0.29) is 5.41 Å². The molecule has 1 unspecified atom stereocenters. The maximum absolute atomic E-state index is 6.37. The van der Waals surface area contributed by atoms with Crippen molar-refractivity contribution in [3.63, 3.8) is 0 Å². The van der Waals surface area contributed by atoms with E-state index in [0.717, 1.165) is 37.1 Å². The Balaban J connectivity index is 1.78. The van der Waals surface area contributed by atoms with E-state index in [1.807, 2.05) is 43.5 Å². The van der Waals surface area contributed by atoms with Crippen LogP contribution in [0.5, 0.6) is 5.75 Å². The van der Waals surface area contributed by atoms with Crippen LogP contribution in [0.4, 0.5) is 0 Å². The van der Waals surface area contributed by atoms with Gasteiger partial charge >= 0.3 is 0 Å². The summed E-state index contributed by atoms with van der Waals surface area (Å²) in [5.41, 5.74) is 3.75. The van der Waals surface area contributed by atoms with Gasteiger partial charge in [0.05, 0.1) is 11.8 Å². The van der Waals surface area contributed by atoms with Crippen molar-refractivity contribution in [1.82, 2.24) is 15.0 Å². The number of nitrogens with one attached hydrogen (secondary N) is 2. The van der Waals surface area contributed by atoms with E-state index in [1.165, 1.54) is 11.3 Å². The van der Waals surface area contributed by atoms with E-state index < -0.39 is 0 Å². The number of hydrogen-bond acceptors (Lipinski definition) is 7. The number of hydrazone groups is 1. The van der Waals surface area contributed by atoms with Crippen molar-refractivity contribution < 1.29 is 4.74 Å². The Hall–Kier alpha value is -1.99. The zero-order valence-corrected chi connectivity index (χ0v) is 19.0. The summed E-state index contributed by atoms with van der Waals surface area (Å²) in [4.78, 5) is 4.83. The molecular formula is C22H33N5OS. The normalized spacial score (nSPS) is 21.6. The summed E-state index contributed by atoms with van der Waals surface area (Å²) < 4.78 is 9.73. The topological polar surface area (TPSA) is 61.2 Å². The van der Waals surface area contributed by atoms with Crippen LogP contribution in [0.25, 0.3) is 0 Å². The Bertz CT molecular complexity index is 802. The minimum Gasteiger partial charge on any atom is -0.439 e. The maximum atomic E-state index is 6.37. The van der Waals surface area contributed by atoms with E-state index in [9.17, 15) is 0 Å². The van der Waals surface area contributed by atoms with Crippen LogP contribution < -0.4 is 14.8 Å². The van der Waals surface area contributed by atoms with Gasteiger partial charge in [0.1, 0.15) is 12.4 Å². The van der Waals surface area contributed by atoms with Crippen LogP contribution in [0.3, 0.4) is 0 Å². The van der Waals surface area contributed by atoms with Gasteiger partial charge in [-0.1, -0.05) is 44.0 Å². The van der Waals surface area contributed by atoms with Gasteiger partial charge in [0.2, 0.25) is 5.90 Å². The second-order valence-corrected chi connectivity index (χ2v) is 9.57. The third-order valence-electron chi connectivity index (χ3n) is 5.33. The monoisotopic (exact) mass is 415 g/mol. The molecular weight excluding hydrogens is 382 g/mol. The first-order valence-corrected chi connectivity index (χ1v) is 11.1. The van der Waals surface area contributed by atoms with Crippen LogP contribution in [0.2, 0.25) is 0 Å². The number of rotatable bonds is 7. The minimum atomic E-state index is 0.235. The van der Waals surface area contributed by atoms with Gasteiger partial charge in [-0.25, -0.2) is 9.71 Å². The fourth-order valence-electron chi connectivity index (χ4n) is 3.59. The van der Waals surface area contributed by atoms with E-state index in [4.69, 9.17) is 9.73 Å². The molecule has 7 heteroatoms. The lowest BCUT2D eigenvalue weighted by Gasteiger charge is -2.33. The van der Waals surface area contributed by atoms with E-state index in [0.29, 0.717) is 17.8 Å². The Kier molecular flexibility index (Phi) is 7.24. The molecule has 0 bridgehead atoms. The number of aryl methyl sites for hydroxylation is 1. The fraction of sp³-hybridized carbons (Fsp3) is 0.545. The molecule has 1 aromatic carbocycles. The summed E-state index contributed by atoms with van der Waals surface area (Å²) in [6.07, 6.45) is 5.09. The molecule has 0 radical (unpaired) electrons. The summed E-state index contributed by atoms with van der Waals surface area (Å²) in [6, 6.07) is 8.10. The van der Waals surface area contributed by atoms with Crippen molar-refractivity contribution >= 4 is 24.1 Å². The van der Waals surface area contributed by atoms with Gasteiger partial charge in [0.15, 0.2) is 0 Å². The van der Waals surface area contributed by atoms with Crippen molar-refractivity contribution in [2.24, 2.45) is 15.5 Å². The van der Waals surface area contributed by atoms with Crippen molar-refractivity contribution in [3.05, 3.63) is 41.1 Å². The van der Waals surface area contributed by atoms with Crippen LogP contribution in [0.15, 0.2) is 45.6 Å². The average Bonchev–Trinajstić information content (AvgIpc) is 3.10. The molecule has 1 aliphatic heterocycles. The number of aliphatic imine (C=N–C) groups is 1. The lowest BCUT2D eigenvalue weighted by Crippen LogP contribution is -2.29. The Morgan fingerprint density at radius 1 is 1.38 bits per heavy atom. The molecule has 0 spiro atoms. The Labute approximate surface area is 179 Å². The smallest absolute Gasteiger partial charge is 0.220 e. The quantitative estimate of drug-likeness (QED) is 0.306. The second-order valence-electron chi connectivity index (χ2n) is 8.44. The zero-order valence-electron chi connectivity index (χ0n) is 18.2. The lowest BCUT2D eigenvalue weighted by molar-refractivity contribution is 0.311. The molecule has 1 aromatic rings. The first-order chi connectivity index (χ1) is 13.9. The molecule has 2 aliphatic rings. The molecule has 3 rings (SSSR count). The van der Waals surface area contributed by atoms with Gasteiger partial charge in [0.25, 0.3) is 0 Å². The zero-order chi connectivity index (χ0) is 20.9. The molecule has 0 saturated heterocycles. The van der Waals surface area contributed by atoms with Crippen molar-refractivity contribution in [3.8, 4) is 5.75 Å². The summed E-state index contributed by atoms with van der Waals surface area (Å²) >= 11 is 1.66. The lowest BCUT2D eigenvalue weighted by atomic mass is 9.76. The fourth-order valence-corrected chi connectivity index (χ4v) is 4.35. The van der Waals surface area contributed by atoms with Gasteiger partial charge in [-0.3, -0.25) is 5.01 Å². The standard InChI is InChI=1S/C22H33N5OS/c1-16-8-6-7-9-20(16)28-21(18-12-22(2,3)11-10-19(18)23-4)24-15-26-29-17-13-25-27(5)14-17/h6-9,13,17,23,26H,10-12,14-15H2,1-5H3. The van der Waals surface area contributed by atoms with E-state index in [1.54, 1.807) is 11.9 Å². The van der Waals surface area contributed by atoms with Gasteiger partial charge < -0.3 is 10.1 Å². The third kappa shape index (κ3) is 6.00. The number of hydrogen-bond donors (Lipinski definition) is 2. The molecule has 0 aromatic heterocycles. The number of allylic oxidation sites excluding steroid dienone is 1. The molecule has 6 nitrogen and oxygen atoms in total. The predicted octanol–water partition coefficient (Wildman–Crippen LogP) is 3.95. The van der Waals surface area contributed by atoms with Crippen LogP contribution in [0, 0.1) is 12.3 Å². The first-order valence-electron chi connectivity index (χ1n) is 10.2. The molecule has 0 fully saturated rings. The van der Waals surface area contributed by atoms with Gasteiger partial charge in [-0.05, 0) is 43.2 Å². The number of para-hydroxylation sites is 1. The summed E-state index contributed by atoms with van der Waals surface area (Å²) in [6.45, 7) is 8.09. The molecule has 1 heterocycles. The molecule has 1 atom stereocenters. The highest BCUT2D eigenvalue weighted by atomic mass is 32.2. The van der Waals surface area contributed by atoms with Crippen molar-refractivity contribution in [2.45, 2.75) is 45.3 Å². The predicted molar refractivity (Wildman–Crippen MR) is 123 cm³/mol. The first kappa shape index (κ1) is 21.7. The van der Waals surface area contributed by atoms with Gasteiger partial charge in [0, 0.05) is 31.6 Å². The average molecular weight is 416 g/mol. The summed E-state index contributed by atoms with van der Waals surface area (Å²) in [5, 5.41) is 9.95. The summed E-state index contributed by atoms with van der Waals surface area (Å²) in [5.74, 6) is 1.57. The van der Waals surface area contributed by atoms with Crippen LogP contribution in [0.1, 0.15) is 38.7 Å². The van der Waals surface area contributed by atoms with Crippen molar-refractivity contribution in [2.75, 3.05) is 27.3 Å². The molecule has 29 heavy (non-hydrogen) atoms. The minimum absolute atomic E-state index is 0.235. The number of ether oxygens (including phenoxy) is 1. The van der Waals surface area contributed by atoms with E-state index in [2.05, 4.69) is 42.0 Å². The van der Waals surface area contributed by atoms with Gasteiger partial charge in [-0.2, -0.15) is 5.10 Å². The SMILES string of the molecule is CNC1=C(C(=NCNSC2C=NN(C)C2)Oc2ccccc2C)CC(C)(C)CC1. The van der Waals surface area contributed by atoms with Crippen LogP contribution >= 0.6 is 11.9 Å². The molecule has 1 aliphatic carbocycles. The van der Waals surface area contributed by atoms with Crippen LogP contribution in [-0.2, 0) is 0 Å². The Morgan fingerprint density at radius 2 is 2.17 bits per heavy atom. The number of nitrogens with zero attached hydrogens (tertiary/aromatic N) is 3.